The first kappa shape index (κ1) is 14.1. The fraction of sp³-hybridized carbons (Fsp3) is 0.375. The molecule has 0 amide bonds. The summed E-state index contributed by atoms with van der Waals surface area (Å²) in [5, 5.41) is 0.620. The maximum Gasteiger partial charge on any atom is 0.424 e. The van der Waals surface area contributed by atoms with E-state index in [-0.39, 0.29) is 17.6 Å². The van der Waals surface area contributed by atoms with Crippen LogP contribution in [-0.2, 0) is 11.2 Å². The first-order valence-electron chi connectivity index (χ1n) is 7.00. The molecule has 110 valence electrons. The topological polar surface area (TPSA) is 52.2 Å². The van der Waals surface area contributed by atoms with Crippen LogP contribution in [0.3, 0.4) is 0 Å². The Morgan fingerprint density at radius 2 is 2.00 bits per heavy atom. The predicted octanol–water partition coefficient (Wildman–Crippen LogP) is 3.34. The number of ketones is 1. The number of aromatic nitrogens is 1. The van der Waals surface area contributed by atoms with Crippen LogP contribution in [0.1, 0.15) is 37.6 Å². The van der Waals surface area contributed by atoms with Crippen molar-refractivity contribution >= 4 is 17.4 Å². The van der Waals surface area contributed by atoms with Gasteiger partial charge in [0.25, 0.3) is 0 Å². The summed E-state index contributed by atoms with van der Waals surface area (Å²) < 4.78 is 7.02. The summed E-state index contributed by atoms with van der Waals surface area (Å²) >= 11 is 5.89. The zero-order chi connectivity index (χ0) is 15.1. The van der Waals surface area contributed by atoms with Crippen molar-refractivity contribution in [1.29, 1.82) is 0 Å². The summed E-state index contributed by atoms with van der Waals surface area (Å²) in [5.41, 5.74) is 1.61. The molecule has 1 heterocycles. The molecule has 5 heteroatoms. The van der Waals surface area contributed by atoms with Gasteiger partial charge in [0.05, 0.1) is 11.4 Å². The minimum Gasteiger partial charge on any atom is -0.412 e. The molecule has 2 atom stereocenters. The van der Waals surface area contributed by atoms with E-state index in [0.29, 0.717) is 17.2 Å². The molecule has 3 rings (SSSR count). The van der Waals surface area contributed by atoms with Crippen molar-refractivity contribution in [1.82, 2.24) is 4.57 Å². The smallest absolute Gasteiger partial charge is 0.412 e. The molecule has 4 nitrogen and oxygen atoms in total. The average Bonchev–Trinajstić information content (AvgIpc) is 2.77. The van der Waals surface area contributed by atoms with Crippen molar-refractivity contribution in [3.63, 3.8) is 0 Å². The molecule has 2 aromatic rings. The van der Waals surface area contributed by atoms with Gasteiger partial charge in [-0.05, 0) is 44.0 Å². The quantitative estimate of drug-likeness (QED) is 0.855. The van der Waals surface area contributed by atoms with Crippen molar-refractivity contribution in [2.75, 3.05) is 0 Å². The van der Waals surface area contributed by atoms with Crippen LogP contribution < -0.4 is 5.76 Å². The van der Waals surface area contributed by atoms with Crippen LogP contribution in [0.25, 0.3) is 5.69 Å². The Morgan fingerprint density at radius 3 is 2.62 bits per heavy atom. The summed E-state index contributed by atoms with van der Waals surface area (Å²) in [6.07, 6.45) is 1.41. The Labute approximate surface area is 127 Å². The van der Waals surface area contributed by atoms with Crippen LogP contribution >= 0.6 is 11.6 Å². The molecular weight excluding hydrogens is 290 g/mol. The minimum atomic E-state index is -0.404. The Morgan fingerprint density at radius 1 is 1.33 bits per heavy atom. The van der Waals surface area contributed by atoms with Crippen molar-refractivity contribution in [2.45, 2.75) is 32.6 Å². The van der Waals surface area contributed by atoms with E-state index < -0.39 is 5.76 Å². The number of hydrogen-bond donors (Lipinski definition) is 0. The monoisotopic (exact) mass is 305 g/mol. The highest BCUT2D eigenvalue weighted by atomic mass is 35.5. The molecule has 0 saturated carbocycles. The summed E-state index contributed by atoms with van der Waals surface area (Å²) in [5.74, 6) is 0.254. The summed E-state index contributed by atoms with van der Waals surface area (Å²) in [4.78, 5) is 23.9. The third-order valence-electron chi connectivity index (χ3n) is 4.25. The van der Waals surface area contributed by atoms with E-state index in [9.17, 15) is 9.59 Å². The number of nitrogens with zero attached hydrogens (tertiary/aromatic N) is 1. The maximum absolute atomic E-state index is 12.2. The number of carbonyl (C=O) groups is 1. The minimum absolute atomic E-state index is 0.0625. The zero-order valence-electron chi connectivity index (χ0n) is 11.9. The number of halogens is 1. The normalized spacial score (nSPS) is 21.1. The SMILES string of the molecule is CC(=O)[C@H]1CCc2c(oc(=O)n2-c2ccc(Cl)cc2)[C@@H]1C. The molecule has 0 saturated heterocycles. The second-order valence-corrected chi connectivity index (χ2v) is 5.97. The Hall–Kier alpha value is -1.81. The van der Waals surface area contributed by atoms with Gasteiger partial charge in [0.1, 0.15) is 11.5 Å². The lowest BCUT2D eigenvalue weighted by Crippen LogP contribution is -2.25. The summed E-state index contributed by atoms with van der Waals surface area (Å²) in [7, 11) is 0. The molecule has 0 radical (unpaired) electrons. The van der Waals surface area contributed by atoms with E-state index in [1.807, 2.05) is 6.92 Å². The van der Waals surface area contributed by atoms with Gasteiger partial charge in [-0.25, -0.2) is 9.36 Å². The Bertz CT molecular complexity index is 742. The van der Waals surface area contributed by atoms with Gasteiger partial charge in [-0.2, -0.15) is 0 Å². The highest BCUT2D eigenvalue weighted by Gasteiger charge is 2.34. The van der Waals surface area contributed by atoms with Crippen LogP contribution in [0, 0.1) is 5.92 Å². The van der Waals surface area contributed by atoms with E-state index in [1.54, 1.807) is 35.8 Å². The number of Topliss-reactive ketones (excluding diaryl/α,β-unsaturated/α-hetero) is 1. The van der Waals surface area contributed by atoms with Crippen molar-refractivity contribution in [3.05, 3.63) is 51.3 Å². The number of fused-ring (bicyclic) bond motifs is 1. The second-order valence-electron chi connectivity index (χ2n) is 5.54. The molecule has 21 heavy (non-hydrogen) atoms. The van der Waals surface area contributed by atoms with Crippen molar-refractivity contribution in [2.24, 2.45) is 5.92 Å². The molecule has 1 aromatic heterocycles. The zero-order valence-corrected chi connectivity index (χ0v) is 12.7. The number of hydrogen-bond acceptors (Lipinski definition) is 3. The lowest BCUT2D eigenvalue weighted by atomic mass is 9.79. The van der Waals surface area contributed by atoms with Gasteiger partial charge in [-0.3, -0.25) is 4.79 Å². The van der Waals surface area contributed by atoms with Crippen LogP contribution in [0.2, 0.25) is 5.02 Å². The van der Waals surface area contributed by atoms with Gasteiger partial charge in [0.2, 0.25) is 0 Å². The third-order valence-corrected chi connectivity index (χ3v) is 4.50. The molecule has 0 aliphatic heterocycles. The van der Waals surface area contributed by atoms with Crippen LogP contribution in [0.5, 0.6) is 0 Å². The van der Waals surface area contributed by atoms with Gasteiger partial charge >= 0.3 is 5.76 Å². The van der Waals surface area contributed by atoms with Crippen LogP contribution in [0.15, 0.2) is 33.5 Å². The van der Waals surface area contributed by atoms with Gasteiger partial charge in [0, 0.05) is 16.9 Å². The number of rotatable bonds is 2. The number of oxazole rings is 1. The van der Waals surface area contributed by atoms with Crippen LogP contribution in [-0.4, -0.2) is 10.4 Å². The molecule has 0 spiro atoms. The highest BCUT2D eigenvalue weighted by Crippen LogP contribution is 2.36. The van der Waals surface area contributed by atoms with Crippen LogP contribution in [0.4, 0.5) is 0 Å². The molecule has 0 fully saturated rings. The fourth-order valence-corrected chi connectivity index (χ4v) is 3.27. The first-order chi connectivity index (χ1) is 9.99. The molecule has 0 N–H and O–H groups in total. The lowest BCUT2D eigenvalue weighted by molar-refractivity contribution is -0.121. The molecule has 0 unspecified atom stereocenters. The maximum atomic E-state index is 12.2. The van der Waals surface area contributed by atoms with E-state index in [1.165, 1.54) is 0 Å². The van der Waals surface area contributed by atoms with E-state index >= 15 is 0 Å². The Kier molecular flexibility index (Phi) is 3.49. The summed E-state index contributed by atoms with van der Waals surface area (Å²) in [6.45, 7) is 3.54. The highest BCUT2D eigenvalue weighted by molar-refractivity contribution is 6.30. The Balaban J connectivity index is 2.10. The lowest BCUT2D eigenvalue weighted by Gasteiger charge is -2.25. The predicted molar refractivity (Wildman–Crippen MR) is 80.2 cm³/mol. The van der Waals surface area contributed by atoms with Crippen molar-refractivity contribution < 1.29 is 9.21 Å². The van der Waals surface area contributed by atoms with E-state index in [0.717, 1.165) is 17.8 Å². The molecule has 1 aromatic carbocycles. The number of carbonyl (C=O) groups excluding carboxylic acids is 1. The van der Waals surface area contributed by atoms with Crippen molar-refractivity contribution in [3.8, 4) is 5.69 Å². The molecule has 1 aliphatic carbocycles. The first-order valence-corrected chi connectivity index (χ1v) is 7.38. The fourth-order valence-electron chi connectivity index (χ4n) is 3.14. The molecular formula is C16H16ClNO3. The standard InChI is InChI=1S/C16H16ClNO3/c1-9-13(10(2)19)7-8-14-15(9)21-16(20)18(14)12-5-3-11(17)4-6-12/h3-6,9,13H,7-8H2,1-2H3/t9-,13+/m1/s1. The van der Waals surface area contributed by atoms with Gasteiger partial charge in [-0.15, -0.1) is 0 Å². The van der Waals surface area contributed by atoms with E-state index in [4.69, 9.17) is 16.0 Å². The number of benzene rings is 1. The average molecular weight is 306 g/mol. The van der Waals surface area contributed by atoms with Gasteiger partial charge in [0.15, 0.2) is 0 Å². The van der Waals surface area contributed by atoms with Gasteiger partial charge in [-0.1, -0.05) is 18.5 Å². The molecule has 0 bridgehead atoms. The van der Waals surface area contributed by atoms with E-state index in [2.05, 4.69) is 0 Å². The molecule has 1 aliphatic rings. The largest absolute Gasteiger partial charge is 0.424 e. The third kappa shape index (κ3) is 2.33. The second kappa shape index (κ2) is 5.19. The summed E-state index contributed by atoms with van der Waals surface area (Å²) in [6, 6.07) is 7.07. The van der Waals surface area contributed by atoms with Gasteiger partial charge < -0.3 is 4.42 Å².